The Morgan fingerprint density at radius 1 is 1.00 bits per heavy atom. The minimum absolute atomic E-state index is 0.244. The summed E-state index contributed by atoms with van der Waals surface area (Å²) < 4.78 is 11.7. The molecule has 0 aliphatic heterocycles. The van der Waals surface area contributed by atoms with Gasteiger partial charge in [-0.2, -0.15) is 4.98 Å². The highest BCUT2D eigenvalue weighted by Crippen LogP contribution is 2.24. The average molecular weight is 451 g/mol. The van der Waals surface area contributed by atoms with Crippen LogP contribution in [0.25, 0.3) is 11.1 Å². The number of aromatic nitrogens is 1. The molecule has 4 aromatic rings. The Balaban J connectivity index is 1.36. The molecule has 1 aromatic heterocycles. The third-order valence-electron chi connectivity index (χ3n) is 5.03. The number of benzene rings is 3. The van der Waals surface area contributed by atoms with Crippen LogP contribution in [0.2, 0.25) is 5.02 Å². The zero-order chi connectivity index (χ0) is 22.3. The Morgan fingerprint density at radius 3 is 2.47 bits per heavy atom. The van der Waals surface area contributed by atoms with Crippen molar-refractivity contribution in [3.63, 3.8) is 0 Å². The number of ether oxygens (including phenoxy) is 1. The van der Waals surface area contributed by atoms with Crippen molar-refractivity contribution < 1.29 is 19.1 Å². The van der Waals surface area contributed by atoms with Crippen LogP contribution < -0.4 is 9.64 Å². The number of nitrogens with zero attached hydrogens (tertiary/aromatic N) is 2. The van der Waals surface area contributed by atoms with E-state index in [9.17, 15) is 4.79 Å². The normalized spacial score (nSPS) is 10.9. The first-order chi connectivity index (χ1) is 15.6. The van der Waals surface area contributed by atoms with Crippen LogP contribution >= 0.6 is 11.6 Å². The lowest BCUT2D eigenvalue weighted by Crippen LogP contribution is -2.24. The van der Waals surface area contributed by atoms with Gasteiger partial charge in [0, 0.05) is 18.1 Å². The van der Waals surface area contributed by atoms with Crippen LogP contribution in [0.4, 0.5) is 6.01 Å². The van der Waals surface area contributed by atoms with Crippen molar-refractivity contribution in [1.29, 1.82) is 0 Å². The molecule has 7 heteroatoms. The number of para-hydroxylation sites is 2. The third-order valence-corrected chi connectivity index (χ3v) is 5.28. The molecule has 1 heterocycles. The van der Waals surface area contributed by atoms with Crippen molar-refractivity contribution in [3.05, 3.63) is 88.9 Å². The van der Waals surface area contributed by atoms with Gasteiger partial charge in [0.1, 0.15) is 11.3 Å². The molecule has 0 saturated carbocycles. The fourth-order valence-corrected chi connectivity index (χ4v) is 3.46. The van der Waals surface area contributed by atoms with Crippen LogP contribution in [0.3, 0.4) is 0 Å². The summed E-state index contributed by atoms with van der Waals surface area (Å²) in [4.78, 5) is 17.7. The van der Waals surface area contributed by atoms with Gasteiger partial charge >= 0.3 is 5.97 Å². The first-order valence-corrected chi connectivity index (χ1v) is 10.8. The Morgan fingerprint density at radius 2 is 1.75 bits per heavy atom. The lowest BCUT2D eigenvalue weighted by atomic mass is 10.2. The SMILES string of the molecule is O=C(O)c1ccc(OCCCCN(Cc2ccc(Cl)cc2)c2nc3ccccc3o2)cc1. The number of halogens is 1. The maximum Gasteiger partial charge on any atom is 0.335 e. The molecule has 164 valence electrons. The number of hydrogen-bond donors (Lipinski definition) is 1. The molecule has 0 unspecified atom stereocenters. The van der Waals surface area contributed by atoms with Gasteiger partial charge in [-0.05, 0) is 66.9 Å². The highest BCUT2D eigenvalue weighted by molar-refractivity contribution is 6.30. The zero-order valence-electron chi connectivity index (χ0n) is 17.4. The summed E-state index contributed by atoms with van der Waals surface area (Å²) in [5.41, 5.74) is 2.95. The molecule has 0 fully saturated rings. The first kappa shape index (κ1) is 21.7. The summed E-state index contributed by atoms with van der Waals surface area (Å²) in [5, 5.41) is 9.67. The standard InChI is InChI=1S/C25H23ClN2O4/c26-20-11-7-18(8-12-20)17-28(25-27-22-5-1-2-6-23(22)32-25)15-3-4-16-31-21-13-9-19(10-14-21)24(29)30/h1-2,5-14H,3-4,15-17H2,(H,29,30). The summed E-state index contributed by atoms with van der Waals surface area (Å²) in [7, 11) is 0. The van der Waals surface area contributed by atoms with Gasteiger partial charge in [-0.15, -0.1) is 0 Å². The number of hydrogen-bond acceptors (Lipinski definition) is 5. The second-order valence-electron chi connectivity index (χ2n) is 7.40. The molecular weight excluding hydrogens is 428 g/mol. The van der Waals surface area contributed by atoms with Crippen molar-refractivity contribution in [3.8, 4) is 5.75 Å². The Hall–Kier alpha value is -3.51. The molecule has 3 aromatic carbocycles. The van der Waals surface area contributed by atoms with Gasteiger partial charge in [-0.25, -0.2) is 4.79 Å². The number of anilines is 1. The van der Waals surface area contributed by atoms with E-state index in [1.807, 2.05) is 48.5 Å². The molecule has 1 N–H and O–H groups in total. The van der Waals surface area contributed by atoms with E-state index in [0.717, 1.165) is 36.0 Å². The Labute approximate surface area is 191 Å². The number of fused-ring (bicyclic) bond motifs is 1. The van der Waals surface area contributed by atoms with Crippen molar-refractivity contribution in [1.82, 2.24) is 4.98 Å². The smallest absolute Gasteiger partial charge is 0.335 e. The number of aromatic carboxylic acids is 1. The molecule has 0 amide bonds. The molecule has 0 atom stereocenters. The maximum absolute atomic E-state index is 10.9. The third kappa shape index (κ3) is 5.59. The van der Waals surface area contributed by atoms with Crippen molar-refractivity contribution >= 4 is 34.7 Å². The lowest BCUT2D eigenvalue weighted by molar-refractivity contribution is 0.0697. The van der Waals surface area contributed by atoms with Crippen molar-refractivity contribution in [2.24, 2.45) is 0 Å². The minimum Gasteiger partial charge on any atom is -0.494 e. The van der Waals surface area contributed by atoms with Crippen LogP contribution in [0.1, 0.15) is 28.8 Å². The molecule has 0 bridgehead atoms. The molecule has 0 aliphatic rings. The van der Waals surface area contributed by atoms with E-state index >= 15 is 0 Å². The quantitative estimate of drug-likeness (QED) is 0.296. The number of carboxylic acids is 1. The highest BCUT2D eigenvalue weighted by Gasteiger charge is 2.14. The fourth-order valence-electron chi connectivity index (χ4n) is 3.34. The van der Waals surface area contributed by atoms with E-state index in [0.29, 0.717) is 29.9 Å². The molecule has 4 rings (SSSR count). The van der Waals surface area contributed by atoms with Gasteiger partial charge in [-0.3, -0.25) is 0 Å². The Kier molecular flexibility index (Phi) is 6.92. The van der Waals surface area contributed by atoms with Gasteiger partial charge in [-0.1, -0.05) is 35.9 Å². The zero-order valence-corrected chi connectivity index (χ0v) is 18.2. The molecule has 32 heavy (non-hydrogen) atoms. The van der Waals surface area contributed by atoms with Gasteiger partial charge in [0.05, 0.1) is 12.2 Å². The van der Waals surface area contributed by atoms with Gasteiger partial charge in [0.15, 0.2) is 5.58 Å². The number of carbonyl (C=O) groups is 1. The van der Waals surface area contributed by atoms with Crippen LogP contribution in [0.15, 0.2) is 77.2 Å². The fraction of sp³-hybridized carbons (Fsp3) is 0.200. The maximum atomic E-state index is 10.9. The predicted octanol–water partition coefficient (Wildman–Crippen LogP) is 6.05. The summed E-state index contributed by atoms with van der Waals surface area (Å²) in [6.45, 7) is 1.94. The van der Waals surface area contributed by atoms with Crippen molar-refractivity contribution in [2.75, 3.05) is 18.1 Å². The minimum atomic E-state index is -0.948. The summed E-state index contributed by atoms with van der Waals surface area (Å²) >= 11 is 6.02. The van der Waals surface area contributed by atoms with E-state index < -0.39 is 5.97 Å². The second-order valence-corrected chi connectivity index (χ2v) is 7.83. The van der Waals surface area contributed by atoms with Gasteiger partial charge in [0.2, 0.25) is 0 Å². The number of rotatable bonds is 10. The van der Waals surface area contributed by atoms with E-state index in [1.54, 1.807) is 24.3 Å². The lowest BCUT2D eigenvalue weighted by Gasteiger charge is -2.21. The Bertz CT molecular complexity index is 1140. The average Bonchev–Trinajstić information content (AvgIpc) is 3.24. The van der Waals surface area contributed by atoms with Crippen molar-refractivity contribution in [2.45, 2.75) is 19.4 Å². The van der Waals surface area contributed by atoms with Gasteiger partial charge in [0.25, 0.3) is 6.01 Å². The predicted molar refractivity (Wildman–Crippen MR) is 125 cm³/mol. The molecule has 0 saturated heterocycles. The van der Waals surface area contributed by atoms with Crippen LogP contribution in [0, 0.1) is 0 Å². The van der Waals surface area contributed by atoms with E-state index in [2.05, 4.69) is 9.88 Å². The largest absolute Gasteiger partial charge is 0.494 e. The van der Waals surface area contributed by atoms with Gasteiger partial charge < -0.3 is 19.2 Å². The molecule has 0 radical (unpaired) electrons. The molecule has 0 aliphatic carbocycles. The van der Waals surface area contributed by atoms with Crippen LogP contribution in [-0.2, 0) is 6.54 Å². The highest BCUT2D eigenvalue weighted by atomic mass is 35.5. The number of unbranched alkanes of at least 4 members (excludes halogenated alkanes) is 1. The van der Waals surface area contributed by atoms with Crippen LogP contribution in [-0.4, -0.2) is 29.2 Å². The molecular formula is C25H23ClN2O4. The monoisotopic (exact) mass is 450 g/mol. The summed E-state index contributed by atoms with van der Waals surface area (Å²) in [6.07, 6.45) is 1.71. The second kappa shape index (κ2) is 10.2. The number of oxazole rings is 1. The summed E-state index contributed by atoms with van der Waals surface area (Å²) in [5.74, 6) is -0.288. The topological polar surface area (TPSA) is 75.8 Å². The van der Waals surface area contributed by atoms with Crippen LogP contribution in [0.5, 0.6) is 5.75 Å². The molecule has 6 nitrogen and oxygen atoms in total. The first-order valence-electron chi connectivity index (χ1n) is 10.4. The molecule has 0 spiro atoms. The van der Waals surface area contributed by atoms with E-state index in [-0.39, 0.29) is 5.56 Å². The van der Waals surface area contributed by atoms with E-state index in [1.165, 1.54) is 0 Å². The summed E-state index contributed by atoms with van der Waals surface area (Å²) in [6, 6.07) is 22.5. The van der Waals surface area contributed by atoms with E-state index in [4.69, 9.17) is 25.9 Å². The number of carboxylic acid groups (broad SMARTS) is 1.